The molecule has 2 heterocycles. The number of amides is 2. The van der Waals surface area contributed by atoms with Crippen molar-refractivity contribution < 1.29 is 18.9 Å². The molecule has 2 aromatic rings. The van der Waals surface area contributed by atoms with Crippen LogP contribution in [-0.2, 0) is 9.59 Å². The second-order valence-corrected chi connectivity index (χ2v) is 8.85. The zero-order chi connectivity index (χ0) is 21.4. The van der Waals surface area contributed by atoms with Crippen LogP contribution < -0.4 is 0 Å². The third kappa shape index (κ3) is 2.57. The summed E-state index contributed by atoms with van der Waals surface area (Å²) in [6.07, 6.45) is 6.72. The first-order valence-corrected chi connectivity index (χ1v) is 10.4. The number of nitro groups is 1. The summed E-state index contributed by atoms with van der Waals surface area (Å²) in [7, 11) is 0. The molecule has 2 amide bonds. The van der Waals surface area contributed by atoms with Crippen LogP contribution in [0, 0.1) is 52.5 Å². The molecule has 8 heteroatoms. The fraction of sp³-hybridized carbons (Fsp3) is 0.348. The maximum absolute atomic E-state index is 12.9. The van der Waals surface area contributed by atoms with Crippen molar-refractivity contribution in [2.45, 2.75) is 13.3 Å². The Kier molecular flexibility index (Phi) is 3.66. The lowest BCUT2D eigenvalue weighted by molar-refractivity contribution is -0.385. The molecule has 0 unspecified atom stereocenters. The third-order valence-electron chi connectivity index (χ3n) is 7.26. The third-order valence-corrected chi connectivity index (χ3v) is 7.26. The Hall–Kier alpha value is -3.55. The van der Waals surface area contributed by atoms with Crippen LogP contribution in [0.25, 0.3) is 11.3 Å². The van der Waals surface area contributed by atoms with Gasteiger partial charge in [0.2, 0.25) is 0 Å². The summed E-state index contributed by atoms with van der Waals surface area (Å²) in [4.78, 5) is 36.6. The molecule has 1 aromatic heterocycles. The molecule has 6 atom stereocenters. The van der Waals surface area contributed by atoms with Crippen LogP contribution in [0.4, 0.5) is 5.69 Å². The summed E-state index contributed by atoms with van der Waals surface area (Å²) in [6, 6.07) is 8.21. The Labute approximate surface area is 177 Å². The quantitative estimate of drug-likeness (QED) is 0.249. The van der Waals surface area contributed by atoms with Crippen molar-refractivity contribution in [2.24, 2.45) is 40.6 Å². The zero-order valence-corrected chi connectivity index (χ0v) is 16.7. The van der Waals surface area contributed by atoms with E-state index in [2.05, 4.69) is 17.3 Å². The smallest absolute Gasteiger partial charge is 0.273 e. The Morgan fingerprint density at radius 3 is 2.42 bits per heavy atom. The molecule has 8 nitrogen and oxygen atoms in total. The highest BCUT2D eigenvalue weighted by atomic mass is 16.6. The van der Waals surface area contributed by atoms with Gasteiger partial charge in [0.25, 0.3) is 17.5 Å². The summed E-state index contributed by atoms with van der Waals surface area (Å²) in [5.41, 5.74) is 1.15. The summed E-state index contributed by atoms with van der Waals surface area (Å²) in [5.74, 6) is 1.18. The number of carbonyl (C=O) groups excluding carboxylic acids is 2. The van der Waals surface area contributed by atoms with Crippen LogP contribution in [0.2, 0.25) is 0 Å². The predicted molar refractivity (Wildman–Crippen MR) is 110 cm³/mol. The number of rotatable bonds is 4. The molecular formula is C23H19N3O5. The zero-order valence-electron chi connectivity index (χ0n) is 16.7. The second-order valence-electron chi connectivity index (χ2n) is 8.85. The Bertz CT molecular complexity index is 1180. The largest absolute Gasteiger partial charge is 0.455 e. The first-order chi connectivity index (χ1) is 14.9. The van der Waals surface area contributed by atoms with Crippen LogP contribution in [-0.4, -0.2) is 28.0 Å². The van der Waals surface area contributed by atoms with Crippen molar-refractivity contribution in [2.75, 3.05) is 0 Å². The number of allylic oxidation sites excluding steroid dienone is 2. The maximum atomic E-state index is 12.9. The molecule has 5 aliphatic rings. The highest BCUT2D eigenvalue weighted by Crippen LogP contribution is 2.65. The Balaban J connectivity index is 1.24. The lowest BCUT2D eigenvalue weighted by Crippen LogP contribution is -2.40. The van der Waals surface area contributed by atoms with E-state index in [4.69, 9.17) is 4.42 Å². The average Bonchev–Trinajstić information content (AvgIpc) is 3.39. The van der Waals surface area contributed by atoms with Crippen molar-refractivity contribution >= 4 is 23.7 Å². The number of hydrogen-bond acceptors (Lipinski definition) is 6. The van der Waals surface area contributed by atoms with Gasteiger partial charge in [0.05, 0.1) is 23.0 Å². The topological polar surface area (TPSA) is 106 Å². The van der Waals surface area contributed by atoms with Crippen molar-refractivity contribution in [1.29, 1.82) is 0 Å². The normalized spacial score (nSPS) is 32.6. The van der Waals surface area contributed by atoms with E-state index in [1.807, 2.05) is 0 Å². The number of hydrogen-bond donors (Lipinski definition) is 0. The molecular weight excluding hydrogens is 398 g/mol. The van der Waals surface area contributed by atoms with Crippen molar-refractivity contribution in [3.05, 3.63) is 63.9 Å². The SMILES string of the molecule is Cc1ccc(-c2ccc(C=NN3C(=O)[C@@H]4[C@H]5C=C[C@@H]([C@@H]6C[C@@H]56)[C@@H]4C3=O)o2)cc1[N+](=O)[O-]. The number of benzene rings is 1. The highest BCUT2D eigenvalue weighted by Gasteiger charge is 2.67. The monoisotopic (exact) mass is 417 g/mol. The molecule has 4 aliphatic carbocycles. The maximum Gasteiger partial charge on any atom is 0.273 e. The van der Waals surface area contributed by atoms with E-state index in [1.54, 1.807) is 31.2 Å². The summed E-state index contributed by atoms with van der Waals surface area (Å²) in [6.45, 7) is 1.68. The van der Waals surface area contributed by atoms with Gasteiger partial charge in [-0.3, -0.25) is 19.7 Å². The van der Waals surface area contributed by atoms with Gasteiger partial charge in [-0.2, -0.15) is 10.1 Å². The molecule has 3 fully saturated rings. The number of nitro benzene ring substituents is 1. The molecule has 0 N–H and O–H groups in total. The van der Waals surface area contributed by atoms with Gasteiger partial charge in [-0.25, -0.2) is 0 Å². The van der Waals surface area contributed by atoms with Gasteiger partial charge in [-0.15, -0.1) is 0 Å². The van der Waals surface area contributed by atoms with Gasteiger partial charge in [0, 0.05) is 17.2 Å². The number of carbonyl (C=O) groups is 2. The standard InChI is InChI=1S/C23H19N3O5/c1-11-2-3-12(8-18(11)26(29)30)19-7-4-13(31-19)10-24-25-22(27)20-14-5-6-15(17-9-16(14)17)21(20)23(25)28/h2-8,10,14-17,20-21H,9H2,1H3/t14-,15-,16-,17-,20-,21+/m0/s1. The second kappa shape index (κ2) is 6.23. The molecule has 2 saturated carbocycles. The van der Waals surface area contributed by atoms with E-state index >= 15 is 0 Å². The Morgan fingerprint density at radius 1 is 1.10 bits per heavy atom. The number of nitrogens with zero attached hydrogens (tertiary/aromatic N) is 3. The van der Waals surface area contributed by atoms with Crippen molar-refractivity contribution in [3.63, 3.8) is 0 Å². The van der Waals surface area contributed by atoms with Crippen LogP contribution >= 0.6 is 0 Å². The van der Waals surface area contributed by atoms with E-state index in [-0.39, 0.29) is 41.2 Å². The summed E-state index contributed by atoms with van der Waals surface area (Å²) >= 11 is 0. The van der Waals surface area contributed by atoms with E-state index < -0.39 is 4.92 Å². The minimum atomic E-state index is -0.430. The lowest BCUT2D eigenvalue weighted by Gasteiger charge is -2.37. The minimum absolute atomic E-state index is 0.0151. The van der Waals surface area contributed by atoms with Crippen LogP contribution in [0.5, 0.6) is 0 Å². The minimum Gasteiger partial charge on any atom is -0.455 e. The van der Waals surface area contributed by atoms with E-state index in [0.29, 0.717) is 34.5 Å². The van der Waals surface area contributed by atoms with E-state index in [1.165, 1.54) is 12.3 Å². The number of imide groups is 1. The molecule has 2 bridgehead atoms. The molecule has 1 aliphatic heterocycles. The van der Waals surface area contributed by atoms with Gasteiger partial charge >= 0.3 is 0 Å². The summed E-state index contributed by atoms with van der Waals surface area (Å²) in [5, 5.41) is 16.4. The van der Waals surface area contributed by atoms with E-state index in [0.717, 1.165) is 11.4 Å². The predicted octanol–water partition coefficient (Wildman–Crippen LogP) is 3.55. The number of furan rings is 1. The average molecular weight is 417 g/mol. The van der Waals surface area contributed by atoms with Crippen LogP contribution in [0.15, 0.2) is 52.0 Å². The Morgan fingerprint density at radius 2 is 1.77 bits per heavy atom. The van der Waals surface area contributed by atoms with Crippen LogP contribution in [0.1, 0.15) is 17.7 Å². The number of aryl methyl sites for hydroxylation is 1. The fourth-order valence-electron chi connectivity index (χ4n) is 5.71. The lowest BCUT2D eigenvalue weighted by atomic mass is 9.63. The molecule has 1 aromatic carbocycles. The molecule has 156 valence electrons. The fourth-order valence-corrected chi connectivity index (χ4v) is 5.71. The van der Waals surface area contributed by atoms with Crippen molar-refractivity contribution in [3.8, 4) is 11.3 Å². The van der Waals surface area contributed by atoms with Gasteiger partial charge < -0.3 is 4.42 Å². The first-order valence-electron chi connectivity index (χ1n) is 10.4. The molecule has 7 rings (SSSR count). The number of hydrazone groups is 1. The van der Waals surface area contributed by atoms with Gasteiger partial charge in [-0.05, 0) is 49.1 Å². The highest BCUT2D eigenvalue weighted by molar-refractivity contribution is 6.06. The summed E-state index contributed by atoms with van der Waals surface area (Å²) < 4.78 is 5.74. The van der Waals surface area contributed by atoms with Gasteiger partial charge in [0.15, 0.2) is 0 Å². The van der Waals surface area contributed by atoms with Gasteiger partial charge in [-0.1, -0.05) is 24.3 Å². The molecule has 1 saturated heterocycles. The molecule has 31 heavy (non-hydrogen) atoms. The van der Waals surface area contributed by atoms with Gasteiger partial charge in [0.1, 0.15) is 11.5 Å². The van der Waals surface area contributed by atoms with E-state index in [9.17, 15) is 19.7 Å². The van der Waals surface area contributed by atoms with Crippen molar-refractivity contribution in [1.82, 2.24) is 5.01 Å². The van der Waals surface area contributed by atoms with Crippen LogP contribution in [0.3, 0.4) is 0 Å². The molecule has 0 spiro atoms. The molecule has 0 radical (unpaired) electrons. The first kappa shape index (κ1) is 18.2.